The van der Waals surface area contributed by atoms with Gasteiger partial charge in [-0.2, -0.15) is 5.26 Å². The van der Waals surface area contributed by atoms with Gasteiger partial charge in [0.15, 0.2) is 0 Å². The van der Waals surface area contributed by atoms with Crippen LogP contribution in [0.1, 0.15) is 88.8 Å². The molecule has 0 radical (unpaired) electrons. The molecule has 3 rings (SSSR count). The summed E-state index contributed by atoms with van der Waals surface area (Å²) in [5.41, 5.74) is 1.92. The molecule has 1 aromatic carbocycles. The lowest BCUT2D eigenvalue weighted by molar-refractivity contribution is 0.0889. The van der Waals surface area contributed by atoms with Gasteiger partial charge in [0, 0.05) is 18.3 Å². The first-order chi connectivity index (χ1) is 15.5. The van der Waals surface area contributed by atoms with Crippen molar-refractivity contribution in [1.82, 2.24) is 10.3 Å². The van der Waals surface area contributed by atoms with E-state index in [4.69, 9.17) is 21.6 Å². The minimum absolute atomic E-state index is 0.0876. The second kappa shape index (κ2) is 17.0. The molecule has 1 aromatic heterocycles. The maximum Gasteiger partial charge on any atom is 0.270 e. The van der Waals surface area contributed by atoms with Crippen LogP contribution < -0.4 is 10.1 Å². The summed E-state index contributed by atoms with van der Waals surface area (Å²) in [7, 11) is 0. The van der Waals surface area contributed by atoms with Crippen LogP contribution in [-0.2, 0) is 0 Å². The average molecular weight is 460 g/mol. The Hall–Kier alpha value is -2.58. The smallest absolute Gasteiger partial charge is 0.270 e. The van der Waals surface area contributed by atoms with E-state index in [2.05, 4.69) is 10.3 Å². The van der Waals surface area contributed by atoms with Crippen LogP contribution in [-0.4, -0.2) is 23.0 Å². The second-order valence-electron chi connectivity index (χ2n) is 6.54. The number of rotatable bonds is 4. The molecule has 5 nitrogen and oxygen atoms in total. The molecule has 0 atom stereocenters. The molecule has 2 aromatic rings. The van der Waals surface area contributed by atoms with Crippen molar-refractivity contribution in [3.63, 3.8) is 0 Å². The molecule has 1 fully saturated rings. The van der Waals surface area contributed by atoms with Gasteiger partial charge in [0.2, 0.25) is 0 Å². The third-order valence-electron chi connectivity index (χ3n) is 4.52. The summed E-state index contributed by atoms with van der Waals surface area (Å²) in [6.07, 6.45) is 5.19. The topological polar surface area (TPSA) is 75.0 Å². The van der Waals surface area contributed by atoms with Gasteiger partial charge in [-0.05, 0) is 56.4 Å². The van der Waals surface area contributed by atoms with Crippen LogP contribution >= 0.6 is 11.6 Å². The summed E-state index contributed by atoms with van der Waals surface area (Å²) in [5, 5.41) is 12.4. The predicted octanol–water partition coefficient (Wildman–Crippen LogP) is 7.11. The molecule has 1 saturated carbocycles. The molecule has 1 aliphatic rings. The lowest BCUT2D eigenvalue weighted by atomic mass is 9.92. The van der Waals surface area contributed by atoms with Crippen LogP contribution in [0.25, 0.3) is 0 Å². The number of nitrogens with one attached hydrogen (secondary N) is 1. The molecule has 1 heterocycles. The van der Waals surface area contributed by atoms with Gasteiger partial charge in [0.1, 0.15) is 17.5 Å². The molecule has 1 N–H and O–H groups in total. The van der Waals surface area contributed by atoms with Gasteiger partial charge in [0.05, 0.1) is 16.7 Å². The van der Waals surface area contributed by atoms with E-state index in [1.807, 2.05) is 60.6 Å². The fraction of sp³-hybridized carbons (Fsp3) is 0.500. The van der Waals surface area contributed by atoms with E-state index in [-0.39, 0.29) is 18.1 Å². The number of nitrogens with zero attached hydrogens (tertiary/aromatic N) is 2. The number of halogens is 1. The standard InChI is InChI=1S/C20H20ClN3O2.3C2H6/c1-13-2-9-19(23-12-13)20(25)24-15-4-7-16(8-5-15)26-17-6-3-14(11-22)18(21)10-17;3*1-2/h2-3,6,9-10,12,15-16H,4-5,7-8H2,1H3,(H,24,25);3*1-2H3. The first kappa shape index (κ1) is 29.4. The first-order valence-electron chi connectivity index (χ1n) is 11.6. The molecule has 0 bridgehead atoms. The molecular formula is C26H38ClN3O2. The molecule has 1 aliphatic carbocycles. The number of amides is 1. The highest BCUT2D eigenvalue weighted by molar-refractivity contribution is 6.31. The summed E-state index contributed by atoms with van der Waals surface area (Å²) < 4.78 is 5.97. The molecule has 0 saturated heterocycles. The number of aromatic nitrogens is 1. The van der Waals surface area contributed by atoms with Crippen molar-refractivity contribution in [2.45, 2.75) is 86.3 Å². The molecule has 0 spiro atoms. The zero-order valence-corrected chi connectivity index (χ0v) is 21.3. The Morgan fingerprint density at radius 1 is 1.06 bits per heavy atom. The molecule has 0 unspecified atom stereocenters. The number of carbonyl (C=O) groups is 1. The number of ether oxygens (including phenoxy) is 1. The average Bonchev–Trinajstić information content (AvgIpc) is 2.85. The Kier molecular flexibility index (Phi) is 15.7. The fourth-order valence-corrected chi connectivity index (χ4v) is 3.25. The molecule has 6 heteroatoms. The third-order valence-corrected chi connectivity index (χ3v) is 4.83. The van der Waals surface area contributed by atoms with Crippen molar-refractivity contribution < 1.29 is 9.53 Å². The summed E-state index contributed by atoms with van der Waals surface area (Å²) in [4.78, 5) is 16.4. The van der Waals surface area contributed by atoms with Crippen LogP contribution in [0.3, 0.4) is 0 Å². The lowest BCUT2D eigenvalue weighted by Crippen LogP contribution is -2.40. The van der Waals surface area contributed by atoms with Crippen LogP contribution in [0.5, 0.6) is 5.75 Å². The first-order valence-corrected chi connectivity index (χ1v) is 12.0. The predicted molar refractivity (Wildman–Crippen MR) is 133 cm³/mol. The van der Waals surface area contributed by atoms with E-state index < -0.39 is 0 Å². The Labute approximate surface area is 199 Å². The number of hydrogen-bond acceptors (Lipinski definition) is 4. The number of hydrogen-bond donors (Lipinski definition) is 1. The quantitative estimate of drug-likeness (QED) is 0.528. The maximum absolute atomic E-state index is 12.2. The Morgan fingerprint density at radius 2 is 1.69 bits per heavy atom. The van der Waals surface area contributed by atoms with E-state index in [0.717, 1.165) is 31.2 Å². The molecule has 1 amide bonds. The van der Waals surface area contributed by atoms with Gasteiger partial charge in [0.25, 0.3) is 5.91 Å². The van der Waals surface area contributed by atoms with Gasteiger partial charge in [-0.25, -0.2) is 0 Å². The van der Waals surface area contributed by atoms with Gasteiger partial charge in [-0.15, -0.1) is 0 Å². The molecule has 32 heavy (non-hydrogen) atoms. The monoisotopic (exact) mass is 459 g/mol. The summed E-state index contributed by atoms with van der Waals surface area (Å²) in [6, 6.07) is 10.9. The van der Waals surface area contributed by atoms with Crippen molar-refractivity contribution in [2.75, 3.05) is 0 Å². The second-order valence-corrected chi connectivity index (χ2v) is 6.95. The normalized spacial score (nSPS) is 16.3. The van der Waals surface area contributed by atoms with Crippen molar-refractivity contribution >= 4 is 17.5 Å². The highest BCUT2D eigenvalue weighted by Gasteiger charge is 2.24. The molecular weight excluding hydrogens is 422 g/mol. The van der Waals surface area contributed by atoms with Crippen LogP contribution in [0, 0.1) is 18.3 Å². The van der Waals surface area contributed by atoms with E-state index >= 15 is 0 Å². The molecule has 176 valence electrons. The lowest BCUT2D eigenvalue weighted by Gasteiger charge is -2.29. The van der Waals surface area contributed by atoms with E-state index in [9.17, 15) is 4.79 Å². The van der Waals surface area contributed by atoms with Crippen molar-refractivity contribution in [3.8, 4) is 11.8 Å². The van der Waals surface area contributed by atoms with Crippen LogP contribution in [0.2, 0.25) is 5.02 Å². The number of aryl methyl sites for hydroxylation is 1. The number of pyridine rings is 1. The third kappa shape index (κ3) is 9.70. The van der Waals surface area contributed by atoms with E-state index in [0.29, 0.717) is 22.0 Å². The maximum atomic E-state index is 12.2. The Balaban J connectivity index is 0.00000148. The van der Waals surface area contributed by atoms with Crippen molar-refractivity contribution in [3.05, 3.63) is 58.4 Å². The zero-order chi connectivity index (χ0) is 24.5. The minimum atomic E-state index is -0.131. The fourth-order valence-electron chi connectivity index (χ4n) is 3.04. The highest BCUT2D eigenvalue weighted by Crippen LogP contribution is 2.27. The largest absolute Gasteiger partial charge is 0.490 e. The SMILES string of the molecule is CC.CC.CC.Cc1ccc(C(=O)NC2CCC(Oc3ccc(C#N)c(Cl)c3)CC2)nc1. The van der Waals surface area contributed by atoms with Gasteiger partial charge in [-0.1, -0.05) is 59.2 Å². The van der Waals surface area contributed by atoms with Gasteiger partial charge < -0.3 is 10.1 Å². The van der Waals surface area contributed by atoms with Gasteiger partial charge >= 0.3 is 0 Å². The summed E-state index contributed by atoms with van der Waals surface area (Å²) in [6.45, 7) is 13.9. The Bertz CT molecular complexity index is 824. The van der Waals surface area contributed by atoms with Gasteiger partial charge in [-0.3, -0.25) is 9.78 Å². The Morgan fingerprint density at radius 3 is 2.19 bits per heavy atom. The molecule has 0 aliphatic heterocycles. The highest BCUT2D eigenvalue weighted by atomic mass is 35.5. The van der Waals surface area contributed by atoms with Crippen LogP contribution in [0.15, 0.2) is 36.5 Å². The van der Waals surface area contributed by atoms with Crippen LogP contribution in [0.4, 0.5) is 0 Å². The summed E-state index contributed by atoms with van der Waals surface area (Å²) >= 11 is 6.04. The number of benzene rings is 1. The summed E-state index contributed by atoms with van der Waals surface area (Å²) in [5.74, 6) is 0.540. The van der Waals surface area contributed by atoms with E-state index in [1.54, 1.807) is 30.5 Å². The number of nitriles is 1. The number of carbonyl (C=O) groups excluding carboxylic acids is 1. The van der Waals surface area contributed by atoms with Crippen molar-refractivity contribution in [2.24, 2.45) is 0 Å². The zero-order valence-electron chi connectivity index (χ0n) is 20.5. The van der Waals surface area contributed by atoms with Crippen molar-refractivity contribution in [1.29, 1.82) is 5.26 Å². The van der Waals surface area contributed by atoms with E-state index in [1.165, 1.54) is 0 Å². The minimum Gasteiger partial charge on any atom is -0.490 e.